The van der Waals surface area contributed by atoms with Crippen LogP contribution in [0.25, 0.3) is 16.6 Å². The first-order chi connectivity index (χ1) is 13.3. The highest BCUT2D eigenvalue weighted by atomic mass is 32.2. The number of hydrogen-bond donors (Lipinski definition) is 1. The Morgan fingerprint density at radius 1 is 1.11 bits per heavy atom. The summed E-state index contributed by atoms with van der Waals surface area (Å²) in [7, 11) is -1.84. The smallest absolute Gasteiger partial charge is 0.266 e. The quantitative estimate of drug-likeness (QED) is 0.363. The molecule has 0 aliphatic carbocycles. The summed E-state index contributed by atoms with van der Waals surface area (Å²) in [6.45, 7) is 3.99. The largest absolute Gasteiger partial charge is 0.268 e. The van der Waals surface area contributed by atoms with Crippen LogP contribution in [0.2, 0.25) is 0 Å². The van der Waals surface area contributed by atoms with Crippen LogP contribution in [0.3, 0.4) is 0 Å². The van der Waals surface area contributed by atoms with Crippen molar-refractivity contribution in [2.45, 2.75) is 25.4 Å². The lowest BCUT2D eigenvalue weighted by Gasteiger charge is -2.16. The van der Waals surface area contributed by atoms with Crippen LogP contribution in [-0.4, -0.2) is 36.5 Å². The van der Waals surface area contributed by atoms with Crippen LogP contribution in [0.1, 0.15) is 17.5 Å². The molecule has 0 amide bonds. The Hall–Kier alpha value is -2.16. The fraction of sp³-hybridized carbons (Fsp3) is 0.300. The fourth-order valence-corrected chi connectivity index (χ4v) is 4.77. The standard InChI is InChI=1S/C20H23N3O3S2/c1-14-8-6-11-18(15(14)2)23-19(24)16-9-4-5-10-17(16)22-20(23)27-12-7-13-28(25,26)21-3/h4-6,8-11,21H,7,12-13H2,1-3H3. The second kappa shape index (κ2) is 8.46. The summed E-state index contributed by atoms with van der Waals surface area (Å²) in [6.07, 6.45) is 0.462. The van der Waals surface area contributed by atoms with Crippen molar-refractivity contribution < 1.29 is 8.42 Å². The molecule has 1 aromatic heterocycles. The number of benzene rings is 2. The van der Waals surface area contributed by atoms with Crippen LogP contribution < -0.4 is 10.3 Å². The van der Waals surface area contributed by atoms with Crippen molar-refractivity contribution in [3.05, 3.63) is 63.9 Å². The molecule has 0 radical (unpaired) electrons. The summed E-state index contributed by atoms with van der Waals surface area (Å²) in [5.41, 5.74) is 3.42. The molecule has 0 aliphatic heterocycles. The van der Waals surface area contributed by atoms with Gasteiger partial charge >= 0.3 is 0 Å². The fourth-order valence-electron chi connectivity index (χ4n) is 2.91. The first-order valence-corrected chi connectivity index (χ1v) is 11.6. The minimum atomic E-state index is -3.24. The third-order valence-corrected chi connectivity index (χ3v) is 7.13. The number of thioether (sulfide) groups is 1. The van der Waals surface area contributed by atoms with Gasteiger partial charge in [-0.2, -0.15) is 0 Å². The van der Waals surface area contributed by atoms with Crippen LogP contribution in [0, 0.1) is 13.8 Å². The van der Waals surface area contributed by atoms with E-state index in [9.17, 15) is 13.2 Å². The van der Waals surface area contributed by atoms with Gasteiger partial charge in [-0.1, -0.05) is 36.0 Å². The number of nitrogens with one attached hydrogen (secondary N) is 1. The van der Waals surface area contributed by atoms with E-state index in [1.165, 1.54) is 18.8 Å². The van der Waals surface area contributed by atoms with Crippen molar-refractivity contribution >= 4 is 32.7 Å². The minimum Gasteiger partial charge on any atom is -0.268 e. The van der Waals surface area contributed by atoms with E-state index in [-0.39, 0.29) is 11.3 Å². The Bertz CT molecular complexity index is 1170. The first-order valence-electron chi connectivity index (χ1n) is 8.96. The molecule has 8 heteroatoms. The van der Waals surface area contributed by atoms with Crippen molar-refractivity contribution in [3.8, 4) is 5.69 Å². The van der Waals surface area contributed by atoms with Gasteiger partial charge in [-0.25, -0.2) is 18.1 Å². The summed E-state index contributed by atoms with van der Waals surface area (Å²) in [6, 6.07) is 13.1. The molecular formula is C20H23N3O3S2. The van der Waals surface area contributed by atoms with Gasteiger partial charge in [0.05, 0.1) is 22.3 Å². The maximum Gasteiger partial charge on any atom is 0.266 e. The molecule has 1 heterocycles. The zero-order valence-electron chi connectivity index (χ0n) is 16.1. The van der Waals surface area contributed by atoms with E-state index in [0.29, 0.717) is 28.2 Å². The lowest BCUT2D eigenvalue weighted by Crippen LogP contribution is -2.23. The van der Waals surface area contributed by atoms with E-state index < -0.39 is 10.0 Å². The van der Waals surface area contributed by atoms with Crippen molar-refractivity contribution in [1.82, 2.24) is 14.3 Å². The van der Waals surface area contributed by atoms with E-state index in [4.69, 9.17) is 4.98 Å². The molecule has 2 aromatic carbocycles. The van der Waals surface area contributed by atoms with E-state index in [1.807, 2.05) is 50.2 Å². The number of fused-ring (bicyclic) bond motifs is 1. The number of nitrogens with zero attached hydrogens (tertiary/aromatic N) is 2. The van der Waals surface area contributed by atoms with Gasteiger partial charge in [-0.15, -0.1) is 0 Å². The number of hydrogen-bond acceptors (Lipinski definition) is 5. The molecule has 0 atom stereocenters. The number of sulfonamides is 1. The van der Waals surface area contributed by atoms with Gasteiger partial charge < -0.3 is 0 Å². The topological polar surface area (TPSA) is 81.1 Å². The second-order valence-corrected chi connectivity index (χ2v) is 9.60. The monoisotopic (exact) mass is 417 g/mol. The Balaban J connectivity index is 2.05. The summed E-state index contributed by atoms with van der Waals surface area (Å²) < 4.78 is 27.2. The van der Waals surface area contributed by atoms with Crippen LogP contribution in [-0.2, 0) is 10.0 Å². The number of aryl methyl sites for hydroxylation is 1. The predicted molar refractivity (Wildman–Crippen MR) is 115 cm³/mol. The summed E-state index contributed by atoms with van der Waals surface area (Å²) in [5, 5.41) is 1.13. The Morgan fingerprint density at radius 3 is 2.61 bits per heavy atom. The lowest BCUT2D eigenvalue weighted by molar-refractivity contribution is 0.587. The van der Waals surface area contributed by atoms with Crippen LogP contribution in [0.4, 0.5) is 0 Å². The van der Waals surface area contributed by atoms with Crippen LogP contribution >= 0.6 is 11.8 Å². The van der Waals surface area contributed by atoms with Gasteiger partial charge in [0.25, 0.3) is 5.56 Å². The second-order valence-electron chi connectivity index (χ2n) is 6.50. The molecule has 0 bridgehead atoms. The van der Waals surface area contributed by atoms with E-state index >= 15 is 0 Å². The number of para-hydroxylation sites is 1. The number of rotatable bonds is 7. The molecule has 0 saturated carbocycles. The van der Waals surface area contributed by atoms with Crippen molar-refractivity contribution in [2.75, 3.05) is 18.6 Å². The Kier molecular flexibility index (Phi) is 6.22. The SMILES string of the molecule is CNS(=O)(=O)CCCSc1nc2ccccc2c(=O)n1-c1cccc(C)c1C. The van der Waals surface area contributed by atoms with Crippen molar-refractivity contribution in [1.29, 1.82) is 0 Å². The maximum absolute atomic E-state index is 13.3. The highest BCUT2D eigenvalue weighted by molar-refractivity contribution is 7.99. The molecule has 3 rings (SSSR count). The van der Waals surface area contributed by atoms with Crippen LogP contribution in [0.5, 0.6) is 0 Å². The molecule has 0 fully saturated rings. The van der Waals surface area contributed by atoms with Gasteiger partial charge in [0.2, 0.25) is 10.0 Å². The third-order valence-electron chi connectivity index (χ3n) is 4.66. The predicted octanol–water partition coefficient (Wildman–Crippen LogP) is 3.03. The molecule has 3 aromatic rings. The zero-order valence-corrected chi connectivity index (χ0v) is 17.7. The van der Waals surface area contributed by atoms with E-state index in [2.05, 4.69) is 4.72 Å². The molecule has 0 spiro atoms. The molecule has 28 heavy (non-hydrogen) atoms. The Labute approximate surface area is 169 Å². The average molecular weight is 418 g/mol. The van der Waals surface area contributed by atoms with Crippen molar-refractivity contribution in [3.63, 3.8) is 0 Å². The van der Waals surface area contributed by atoms with Gasteiger partial charge in [0.15, 0.2) is 5.16 Å². The normalized spacial score (nSPS) is 11.8. The van der Waals surface area contributed by atoms with Gasteiger partial charge in [0.1, 0.15) is 0 Å². The summed E-state index contributed by atoms with van der Waals surface area (Å²) in [5.74, 6) is 0.578. The molecule has 0 aliphatic rings. The first kappa shape index (κ1) is 20.6. The highest BCUT2D eigenvalue weighted by Crippen LogP contribution is 2.24. The van der Waals surface area contributed by atoms with Gasteiger partial charge in [-0.05, 0) is 56.6 Å². The van der Waals surface area contributed by atoms with Crippen molar-refractivity contribution in [2.24, 2.45) is 0 Å². The molecule has 148 valence electrons. The average Bonchev–Trinajstić information content (AvgIpc) is 2.68. The van der Waals surface area contributed by atoms with E-state index in [1.54, 1.807) is 10.6 Å². The highest BCUT2D eigenvalue weighted by Gasteiger charge is 2.16. The molecule has 6 nitrogen and oxygen atoms in total. The molecule has 1 N–H and O–H groups in total. The minimum absolute atomic E-state index is 0.0395. The van der Waals surface area contributed by atoms with E-state index in [0.717, 1.165) is 16.8 Å². The number of aromatic nitrogens is 2. The maximum atomic E-state index is 13.3. The van der Waals surface area contributed by atoms with Crippen LogP contribution in [0.15, 0.2) is 52.4 Å². The van der Waals surface area contributed by atoms with Gasteiger partial charge in [0, 0.05) is 5.75 Å². The lowest BCUT2D eigenvalue weighted by atomic mass is 10.1. The Morgan fingerprint density at radius 2 is 1.86 bits per heavy atom. The van der Waals surface area contributed by atoms with Gasteiger partial charge in [-0.3, -0.25) is 9.36 Å². The summed E-state index contributed by atoms with van der Waals surface area (Å²) >= 11 is 1.40. The zero-order chi connectivity index (χ0) is 20.3. The summed E-state index contributed by atoms with van der Waals surface area (Å²) in [4.78, 5) is 18.0. The molecular weight excluding hydrogens is 394 g/mol. The third kappa shape index (κ3) is 4.29. The molecule has 0 saturated heterocycles. The molecule has 0 unspecified atom stereocenters.